The third-order valence-corrected chi connectivity index (χ3v) is 5.08. The molecule has 7 heteroatoms. The van der Waals surface area contributed by atoms with Crippen molar-refractivity contribution in [3.63, 3.8) is 0 Å². The highest BCUT2D eigenvalue weighted by Gasteiger charge is 2.29. The first-order valence-electron chi connectivity index (χ1n) is 7.01. The highest BCUT2D eigenvalue weighted by molar-refractivity contribution is 7.89. The van der Waals surface area contributed by atoms with E-state index in [1.165, 1.54) is 0 Å². The van der Waals surface area contributed by atoms with Crippen molar-refractivity contribution in [2.45, 2.75) is 56.8 Å². The van der Waals surface area contributed by atoms with Gasteiger partial charge in [-0.05, 0) is 25.8 Å². The zero-order valence-electron chi connectivity index (χ0n) is 12.0. The summed E-state index contributed by atoms with van der Waals surface area (Å²) in [5, 5.41) is 0. The maximum absolute atomic E-state index is 12.4. The number of hydrogen-bond donors (Lipinski definition) is 2. The van der Waals surface area contributed by atoms with E-state index in [4.69, 9.17) is 10.5 Å². The van der Waals surface area contributed by atoms with E-state index in [0.717, 1.165) is 18.7 Å². The minimum absolute atomic E-state index is 0.0866. The van der Waals surface area contributed by atoms with Crippen molar-refractivity contribution in [2.24, 2.45) is 5.73 Å². The fourth-order valence-corrected chi connectivity index (χ4v) is 3.85. The summed E-state index contributed by atoms with van der Waals surface area (Å²) in [5.41, 5.74) is 6.50. The van der Waals surface area contributed by atoms with Gasteiger partial charge in [-0.3, -0.25) is 0 Å². The summed E-state index contributed by atoms with van der Waals surface area (Å²) >= 11 is 0. The highest BCUT2D eigenvalue weighted by atomic mass is 32.2. The van der Waals surface area contributed by atoms with Gasteiger partial charge in [0.05, 0.1) is 17.0 Å². The van der Waals surface area contributed by atoms with Crippen LogP contribution in [0.15, 0.2) is 17.2 Å². The van der Waals surface area contributed by atoms with Gasteiger partial charge in [0.2, 0.25) is 10.0 Å². The normalized spacial score (nSPS) is 23.4. The van der Waals surface area contributed by atoms with E-state index in [2.05, 4.69) is 4.72 Å². The van der Waals surface area contributed by atoms with Gasteiger partial charge in [0.25, 0.3) is 0 Å². The van der Waals surface area contributed by atoms with E-state index in [9.17, 15) is 8.42 Å². The summed E-state index contributed by atoms with van der Waals surface area (Å²) in [4.78, 5) is 0.283. The van der Waals surface area contributed by atoms with Crippen LogP contribution in [0.3, 0.4) is 0 Å². The average molecular weight is 301 g/mol. The second-order valence-corrected chi connectivity index (χ2v) is 6.87. The molecule has 1 aliphatic heterocycles. The van der Waals surface area contributed by atoms with Crippen LogP contribution in [0.2, 0.25) is 0 Å². The van der Waals surface area contributed by atoms with Crippen molar-refractivity contribution in [3.05, 3.63) is 18.0 Å². The molecule has 1 aromatic heterocycles. The topological polar surface area (TPSA) is 86.3 Å². The summed E-state index contributed by atoms with van der Waals surface area (Å²) in [7, 11) is -3.51. The van der Waals surface area contributed by atoms with Gasteiger partial charge in [-0.25, -0.2) is 13.1 Å². The van der Waals surface area contributed by atoms with Gasteiger partial charge in [-0.2, -0.15) is 0 Å². The Balaban J connectivity index is 2.20. The number of hydrogen-bond acceptors (Lipinski definition) is 4. The van der Waals surface area contributed by atoms with Gasteiger partial charge in [0.1, 0.15) is 0 Å². The van der Waals surface area contributed by atoms with Crippen LogP contribution >= 0.6 is 0 Å². The zero-order chi connectivity index (χ0) is 14.8. The van der Waals surface area contributed by atoms with Gasteiger partial charge in [0, 0.05) is 31.6 Å². The van der Waals surface area contributed by atoms with Crippen molar-refractivity contribution >= 4 is 10.0 Å². The van der Waals surface area contributed by atoms with Crippen molar-refractivity contribution in [2.75, 3.05) is 6.61 Å². The van der Waals surface area contributed by atoms with Crippen LogP contribution in [0.1, 0.15) is 32.4 Å². The molecular formula is C13H23N3O3S. The monoisotopic (exact) mass is 301 g/mol. The molecule has 2 rings (SSSR count). The number of aromatic nitrogens is 1. The molecule has 6 nitrogen and oxygen atoms in total. The lowest BCUT2D eigenvalue weighted by atomic mass is 10.2. The number of nitrogens with zero attached hydrogens (tertiary/aromatic N) is 1. The number of nitrogens with two attached hydrogens (primary N) is 1. The predicted octanol–water partition coefficient (Wildman–Crippen LogP) is 0.813. The first kappa shape index (κ1) is 15.5. The molecule has 1 aromatic rings. The maximum Gasteiger partial charge on any atom is 0.242 e. The Labute approximate surface area is 120 Å². The van der Waals surface area contributed by atoms with E-state index >= 15 is 0 Å². The van der Waals surface area contributed by atoms with E-state index in [1.54, 1.807) is 12.3 Å². The van der Waals surface area contributed by atoms with Gasteiger partial charge in [0.15, 0.2) is 0 Å². The summed E-state index contributed by atoms with van der Waals surface area (Å²) in [6.45, 7) is 5.63. The van der Waals surface area contributed by atoms with Crippen LogP contribution < -0.4 is 10.5 Å². The Morgan fingerprint density at radius 1 is 1.55 bits per heavy atom. The number of ether oxygens (including phenoxy) is 1. The minimum Gasteiger partial charge on any atom is -0.377 e. The van der Waals surface area contributed by atoms with Crippen molar-refractivity contribution < 1.29 is 13.2 Å². The molecule has 20 heavy (non-hydrogen) atoms. The van der Waals surface area contributed by atoms with E-state index in [1.807, 2.05) is 18.4 Å². The fraction of sp³-hybridized carbons (Fsp3) is 0.692. The van der Waals surface area contributed by atoms with Gasteiger partial charge in [-0.1, -0.05) is 6.92 Å². The second kappa shape index (κ2) is 6.26. The minimum atomic E-state index is -3.51. The molecule has 2 unspecified atom stereocenters. The van der Waals surface area contributed by atoms with Gasteiger partial charge < -0.3 is 15.0 Å². The summed E-state index contributed by atoms with van der Waals surface area (Å²) in [6.07, 6.45) is 3.22. The molecule has 0 aliphatic carbocycles. The number of rotatable bonds is 6. The van der Waals surface area contributed by atoms with Crippen LogP contribution in [0.5, 0.6) is 0 Å². The first-order chi connectivity index (χ1) is 9.47. The second-order valence-electron chi connectivity index (χ2n) is 5.16. The Bertz CT molecular complexity index is 553. The smallest absolute Gasteiger partial charge is 0.242 e. The van der Waals surface area contributed by atoms with Crippen LogP contribution in [0.4, 0.5) is 0 Å². The molecular weight excluding hydrogens is 278 g/mol. The fourth-order valence-electron chi connectivity index (χ4n) is 2.45. The van der Waals surface area contributed by atoms with Crippen LogP contribution in [-0.2, 0) is 27.8 Å². The van der Waals surface area contributed by atoms with E-state index < -0.39 is 10.0 Å². The summed E-state index contributed by atoms with van der Waals surface area (Å²) in [5.74, 6) is 0. The van der Waals surface area contributed by atoms with Crippen LogP contribution in [-0.4, -0.2) is 31.7 Å². The highest BCUT2D eigenvalue weighted by Crippen LogP contribution is 2.19. The predicted molar refractivity (Wildman–Crippen MR) is 76.8 cm³/mol. The lowest BCUT2D eigenvalue weighted by Crippen LogP contribution is -2.38. The summed E-state index contributed by atoms with van der Waals surface area (Å²) < 4.78 is 34.8. The molecule has 114 valence electrons. The molecule has 0 saturated carbocycles. The van der Waals surface area contributed by atoms with E-state index in [0.29, 0.717) is 19.6 Å². The molecule has 0 aromatic carbocycles. The molecule has 2 atom stereocenters. The summed E-state index contributed by atoms with van der Waals surface area (Å²) in [6, 6.07) is 1.49. The third kappa shape index (κ3) is 3.22. The molecule has 0 spiro atoms. The molecule has 3 N–H and O–H groups in total. The number of aryl methyl sites for hydroxylation is 1. The molecule has 1 saturated heterocycles. The van der Waals surface area contributed by atoms with E-state index in [-0.39, 0.29) is 17.0 Å². The standard InChI is InChI=1S/C13H23N3O3S/c1-3-5-16-9-12(7-11(16)8-14)20(17,18)15-13-4-6-19-10(13)2/h7,9-10,13,15H,3-6,8,14H2,1-2H3. The Kier molecular flexibility index (Phi) is 4.85. The molecule has 1 fully saturated rings. The molecule has 0 amide bonds. The molecule has 2 heterocycles. The molecule has 0 bridgehead atoms. The Morgan fingerprint density at radius 3 is 2.85 bits per heavy atom. The van der Waals surface area contributed by atoms with Crippen LogP contribution in [0, 0.1) is 0 Å². The number of nitrogens with one attached hydrogen (secondary N) is 1. The first-order valence-corrected chi connectivity index (χ1v) is 8.49. The number of sulfonamides is 1. The van der Waals surface area contributed by atoms with Gasteiger partial charge in [-0.15, -0.1) is 0 Å². The van der Waals surface area contributed by atoms with Crippen LogP contribution in [0.25, 0.3) is 0 Å². The SMILES string of the molecule is CCCn1cc(S(=O)(=O)NC2CCOC2C)cc1CN. The lowest BCUT2D eigenvalue weighted by Gasteiger charge is -2.15. The Hall–Kier alpha value is -0.890. The van der Waals surface area contributed by atoms with Crippen molar-refractivity contribution in [1.82, 2.24) is 9.29 Å². The van der Waals surface area contributed by atoms with Gasteiger partial charge >= 0.3 is 0 Å². The molecule has 1 aliphatic rings. The lowest BCUT2D eigenvalue weighted by molar-refractivity contribution is 0.117. The zero-order valence-corrected chi connectivity index (χ0v) is 12.8. The Morgan fingerprint density at radius 2 is 2.30 bits per heavy atom. The largest absolute Gasteiger partial charge is 0.377 e. The van der Waals surface area contributed by atoms with Crippen molar-refractivity contribution in [1.29, 1.82) is 0 Å². The quantitative estimate of drug-likeness (QED) is 0.814. The maximum atomic E-state index is 12.4. The third-order valence-electron chi connectivity index (χ3n) is 3.63. The average Bonchev–Trinajstić information content (AvgIpc) is 2.97. The molecule has 0 radical (unpaired) electrons. The van der Waals surface area contributed by atoms with Crippen molar-refractivity contribution in [3.8, 4) is 0 Å².